The van der Waals surface area contributed by atoms with Crippen molar-refractivity contribution in [1.82, 2.24) is 4.72 Å². The summed E-state index contributed by atoms with van der Waals surface area (Å²) in [7, 11) is -8.50. The van der Waals surface area contributed by atoms with Crippen molar-refractivity contribution in [1.29, 1.82) is 0 Å². The number of nitrogens with one attached hydrogen (secondary N) is 1. The Balaban J connectivity index is 2.04. The normalized spacial score (nSPS) is 16.5. The smallest absolute Gasteiger partial charge is 0.326 e. The van der Waals surface area contributed by atoms with E-state index in [2.05, 4.69) is 0 Å². The minimum Gasteiger partial charge on any atom is -0.506 e. The molecule has 1 aliphatic rings. The number of phenols is 1. The number of amides is 2. The van der Waals surface area contributed by atoms with E-state index in [1.165, 1.54) is 30.3 Å². The zero-order valence-corrected chi connectivity index (χ0v) is 19.4. The van der Waals surface area contributed by atoms with Gasteiger partial charge in [0.2, 0.25) is 5.91 Å². The number of carbonyl (C=O) groups is 2. The Morgan fingerprint density at radius 3 is 2.42 bits per heavy atom. The van der Waals surface area contributed by atoms with E-state index in [0.717, 1.165) is 4.31 Å². The average molecular weight is 498 g/mol. The third-order valence-electron chi connectivity index (χ3n) is 5.31. The van der Waals surface area contributed by atoms with Gasteiger partial charge in [-0.25, -0.2) is 9.03 Å². The standard InChI is InChI=1S/C20H23N3O8S2/c1-3-17(32(27,28)29)13-6-11(2)19(20(21)26)14(9-13)7-12-4-5-15(16(24)8-12)23-10-18(25)22-33(23,30)31/h4-6,8-9,17,24H,3,7,10H2,1-2H3,(H2,21,26)(H,22,25)(H,27,28,29). The van der Waals surface area contributed by atoms with Crippen molar-refractivity contribution in [2.24, 2.45) is 5.73 Å². The highest BCUT2D eigenvalue weighted by Crippen LogP contribution is 2.34. The number of anilines is 1. The van der Waals surface area contributed by atoms with Gasteiger partial charge in [0, 0.05) is 5.56 Å². The number of nitrogens with zero attached hydrogens (tertiary/aromatic N) is 1. The van der Waals surface area contributed by atoms with E-state index in [1.807, 2.05) is 4.72 Å². The highest BCUT2D eigenvalue weighted by atomic mass is 32.2. The summed E-state index contributed by atoms with van der Waals surface area (Å²) < 4.78 is 59.8. The van der Waals surface area contributed by atoms with Gasteiger partial charge in [0.1, 0.15) is 17.5 Å². The molecule has 0 bridgehead atoms. The Labute approximate surface area is 191 Å². The SMILES string of the molecule is CCC(c1cc(C)c(C(N)=O)c(Cc2ccc(N3CC(=O)NS3(=O)=O)c(O)c2)c1)S(=O)(=O)O. The monoisotopic (exact) mass is 497 g/mol. The van der Waals surface area contributed by atoms with Crippen LogP contribution < -0.4 is 14.8 Å². The molecule has 1 fully saturated rings. The number of carbonyl (C=O) groups excluding carboxylic acids is 2. The Morgan fingerprint density at radius 1 is 1.27 bits per heavy atom. The largest absolute Gasteiger partial charge is 0.506 e. The number of hydrogen-bond donors (Lipinski definition) is 4. The number of rotatable bonds is 7. The summed E-state index contributed by atoms with van der Waals surface area (Å²) in [6.45, 7) is 2.71. The second-order valence-corrected chi connectivity index (χ2v) is 10.9. The molecule has 1 aliphatic heterocycles. The first-order valence-electron chi connectivity index (χ1n) is 9.79. The number of aromatic hydroxyl groups is 1. The van der Waals surface area contributed by atoms with E-state index in [9.17, 15) is 36.1 Å². The van der Waals surface area contributed by atoms with Crippen molar-refractivity contribution in [3.8, 4) is 5.75 Å². The molecule has 0 radical (unpaired) electrons. The molecule has 5 N–H and O–H groups in total. The van der Waals surface area contributed by atoms with Gasteiger partial charge in [-0.15, -0.1) is 0 Å². The quantitative estimate of drug-likeness (QED) is 0.407. The van der Waals surface area contributed by atoms with Crippen LogP contribution in [-0.2, 0) is 31.5 Å². The fraction of sp³-hybridized carbons (Fsp3) is 0.300. The van der Waals surface area contributed by atoms with E-state index in [0.29, 0.717) is 16.7 Å². The number of benzene rings is 2. The van der Waals surface area contributed by atoms with Gasteiger partial charge in [-0.1, -0.05) is 25.1 Å². The van der Waals surface area contributed by atoms with Crippen LogP contribution in [0.5, 0.6) is 5.75 Å². The van der Waals surface area contributed by atoms with Gasteiger partial charge in [0.25, 0.3) is 16.0 Å². The van der Waals surface area contributed by atoms with Crippen LogP contribution in [0, 0.1) is 6.92 Å². The Hall–Kier alpha value is -3.16. The maximum Gasteiger partial charge on any atom is 0.326 e. The third-order valence-corrected chi connectivity index (χ3v) is 8.03. The fourth-order valence-corrected chi connectivity index (χ4v) is 6.02. The maximum atomic E-state index is 12.1. The molecule has 178 valence electrons. The van der Waals surface area contributed by atoms with Crippen LogP contribution in [0.2, 0.25) is 0 Å². The first-order valence-corrected chi connectivity index (χ1v) is 12.7. The molecule has 1 heterocycles. The van der Waals surface area contributed by atoms with E-state index in [4.69, 9.17) is 5.73 Å². The molecule has 2 aromatic carbocycles. The Bertz CT molecular complexity index is 1350. The molecular formula is C20H23N3O8S2. The lowest BCUT2D eigenvalue weighted by molar-refractivity contribution is -0.117. The molecule has 2 aromatic rings. The van der Waals surface area contributed by atoms with Gasteiger partial charge in [0.15, 0.2) is 0 Å². The van der Waals surface area contributed by atoms with Gasteiger partial charge in [0.05, 0.1) is 5.69 Å². The Morgan fingerprint density at radius 2 is 1.94 bits per heavy atom. The van der Waals surface area contributed by atoms with E-state index in [-0.39, 0.29) is 29.7 Å². The van der Waals surface area contributed by atoms with Crippen LogP contribution in [-0.4, -0.2) is 44.9 Å². The van der Waals surface area contributed by atoms with Crippen LogP contribution in [0.25, 0.3) is 0 Å². The van der Waals surface area contributed by atoms with Crippen LogP contribution in [0.15, 0.2) is 30.3 Å². The first-order chi connectivity index (χ1) is 15.2. The summed E-state index contributed by atoms with van der Waals surface area (Å²) in [4.78, 5) is 23.5. The second kappa shape index (κ2) is 8.65. The van der Waals surface area contributed by atoms with Crippen molar-refractivity contribution in [2.75, 3.05) is 10.8 Å². The third kappa shape index (κ3) is 4.94. The maximum absolute atomic E-state index is 12.1. The molecule has 13 heteroatoms. The summed E-state index contributed by atoms with van der Waals surface area (Å²) in [5.41, 5.74) is 7.14. The number of primary amides is 1. The number of nitrogens with two attached hydrogens (primary N) is 1. The van der Waals surface area contributed by atoms with E-state index >= 15 is 0 Å². The number of hydrogen-bond acceptors (Lipinski definition) is 7. The lowest BCUT2D eigenvalue weighted by Crippen LogP contribution is -2.29. The summed E-state index contributed by atoms with van der Waals surface area (Å²) in [5.74, 6) is -1.88. The predicted octanol–water partition coefficient (Wildman–Crippen LogP) is 0.910. The molecule has 1 saturated heterocycles. The predicted molar refractivity (Wildman–Crippen MR) is 120 cm³/mol. The molecule has 1 unspecified atom stereocenters. The topological polar surface area (TPSA) is 184 Å². The minimum absolute atomic E-state index is 0.0482. The van der Waals surface area contributed by atoms with E-state index < -0.39 is 49.7 Å². The number of phenolic OH excluding ortho intramolecular Hbond substituents is 1. The summed E-state index contributed by atoms with van der Waals surface area (Å²) in [6.07, 6.45) is 0.146. The summed E-state index contributed by atoms with van der Waals surface area (Å²) in [5, 5.41) is 9.22. The van der Waals surface area contributed by atoms with Gasteiger partial charge in [-0.05, 0) is 54.2 Å². The van der Waals surface area contributed by atoms with Crippen molar-refractivity contribution < 1.29 is 36.1 Å². The van der Waals surface area contributed by atoms with Crippen LogP contribution in [0.4, 0.5) is 5.69 Å². The van der Waals surface area contributed by atoms with Crippen LogP contribution in [0.3, 0.4) is 0 Å². The fourth-order valence-electron chi connectivity index (χ4n) is 3.96. The summed E-state index contributed by atoms with van der Waals surface area (Å²) >= 11 is 0. The molecule has 1 atom stereocenters. The molecule has 33 heavy (non-hydrogen) atoms. The number of aryl methyl sites for hydroxylation is 1. The lowest BCUT2D eigenvalue weighted by atomic mass is 9.92. The molecule has 3 rings (SSSR count). The molecule has 2 amide bonds. The Kier molecular flexibility index (Phi) is 6.42. The molecule has 11 nitrogen and oxygen atoms in total. The minimum atomic E-state index is -4.40. The van der Waals surface area contributed by atoms with Gasteiger partial charge < -0.3 is 10.8 Å². The van der Waals surface area contributed by atoms with Gasteiger partial charge >= 0.3 is 10.2 Å². The van der Waals surface area contributed by atoms with Crippen molar-refractivity contribution >= 4 is 37.8 Å². The molecule has 0 saturated carbocycles. The van der Waals surface area contributed by atoms with E-state index in [1.54, 1.807) is 13.8 Å². The molecule has 0 spiro atoms. The van der Waals surface area contributed by atoms with Crippen LogP contribution >= 0.6 is 0 Å². The highest BCUT2D eigenvalue weighted by molar-refractivity contribution is 7.92. The highest BCUT2D eigenvalue weighted by Gasteiger charge is 2.35. The van der Waals surface area contributed by atoms with Crippen molar-refractivity contribution in [3.05, 3.63) is 58.1 Å². The molecule has 0 aliphatic carbocycles. The van der Waals surface area contributed by atoms with Crippen molar-refractivity contribution in [3.63, 3.8) is 0 Å². The summed E-state index contributed by atoms with van der Waals surface area (Å²) in [6, 6.07) is 7.04. The van der Waals surface area contributed by atoms with Crippen molar-refractivity contribution in [2.45, 2.75) is 31.9 Å². The molecular weight excluding hydrogens is 474 g/mol. The van der Waals surface area contributed by atoms with Crippen LogP contribution in [0.1, 0.15) is 51.2 Å². The average Bonchev–Trinajstić information content (AvgIpc) is 2.92. The molecule has 0 aromatic heterocycles. The first kappa shape index (κ1) is 24.5. The second-order valence-electron chi connectivity index (χ2n) is 7.68. The zero-order valence-electron chi connectivity index (χ0n) is 17.8. The van der Waals surface area contributed by atoms with Gasteiger partial charge in [-0.2, -0.15) is 16.8 Å². The zero-order chi connectivity index (χ0) is 24.7. The lowest BCUT2D eigenvalue weighted by Gasteiger charge is -2.19. The van der Waals surface area contributed by atoms with Gasteiger partial charge in [-0.3, -0.25) is 14.1 Å².